The summed E-state index contributed by atoms with van der Waals surface area (Å²) in [5.74, 6) is 3.27. The van der Waals surface area contributed by atoms with Crippen molar-refractivity contribution in [2.75, 3.05) is 0 Å². The maximum absolute atomic E-state index is 10.2. The first-order chi connectivity index (χ1) is 13.3. The Morgan fingerprint density at radius 3 is 2.61 bits per heavy atom. The largest absolute Gasteiger partial charge is 0.393 e. The number of hydrogen-bond acceptors (Lipinski definition) is 1. The van der Waals surface area contributed by atoms with Gasteiger partial charge in [-0.1, -0.05) is 57.1 Å². The van der Waals surface area contributed by atoms with Crippen molar-refractivity contribution in [2.24, 2.45) is 34.5 Å². The van der Waals surface area contributed by atoms with E-state index in [-0.39, 0.29) is 6.10 Å². The number of aliphatic hydroxyl groups excluding tert-OH is 1. The van der Waals surface area contributed by atoms with E-state index in [1.165, 1.54) is 44.9 Å². The van der Waals surface area contributed by atoms with Gasteiger partial charge in [-0.05, 0) is 105 Å². The fraction of sp³-hybridized carbons (Fsp3) is 0.778. The molecule has 1 heteroatoms. The maximum atomic E-state index is 10.2. The minimum Gasteiger partial charge on any atom is -0.393 e. The molecule has 0 radical (unpaired) electrons. The number of hydrogen-bond donors (Lipinski definition) is 1. The Morgan fingerprint density at radius 2 is 1.86 bits per heavy atom. The van der Waals surface area contributed by atoms with Gasteiger partial charge in [-0.15, -0.1) is 0 Å². The van der Waals surface area contributed by atoms with Crippen LogP contribution in [0.15, 0.2) is 34.9 Å². The molecule has 0 unspecified atom stereocenters. The van der Waals surface area contributed by atoms with Crippen molar-refractivity contribution in [3.8, 4) is 0 Å². The van der Waals surface area contributed by atoms with Crippen LogP contribution >= 0.6 is 0 Å². The monoisotopic (exact) mass is 382 g/mol. The summed E-state index contributed by atoms with van der Waals surface area (Å²) in [7, 11) is 0. The molecule has 0 heterocycles. The molecule has 6 atom stereocenters. The van der Waals surface area contributed by atoms with Crippen LogP contribution in [0.2, 0.25) is 0 Å². The molecule has 2 saturated carbocycles. The molecule has 0 bridgehead atoms. The fourth-order valence-electron chi connectivity index (χ4n) is 7.56. The predicted molar refractivity (Wildman–Crippen MR) is 119 cm³/mol. The summed E-state index contributed by atoms with van der Waals surface area (Å²) < 4.78 is 0. The molecule has 2 fully saturated rings. The van der Waals surface area contributed by atoms with Crippen LogP contribution in [0.3, 0.4) is 0 Å². The first kappa shape index (κ1) is 20.5. The Bertz CT molecular complexity index is 695. The van der Waals surface area contributed by atoms with Crippen LogP contribution in [0.4, 0.5) is 0 Å². The van der Waals surface area contributed by atoms with Crippen LogP contribution in [-0.2, 0) is 0 Å². The fourth-order valence-corrected chi connectivity index (χ4v) is 7.56. The summed E-state index contributed by atoms with van der Waals surface area (Å²) in [6, 6.07) is 0. The van der Waals surface area contributed by atoms with Crippen LogP contribution in [0.25, 0.3) is 0 Å². The summed E-state index contributed by atoms with van der Waals surface area (Å²) in [5.41, 5.74) is 5.57. The van der Waals surface area contributed by atoms with Gasteiger partial charge in [-0.2, -0.15) is 0 Å². The molecule has 0 aromatic carbocycles. The van der Waals surface area contributed by atoms with Gasteiger partial charge in [0.15, 0.2) is 0 Å². The highest BCUT2D eigenvalue weighted by molar-refractivity contribution is 5.41. The van der Waals surface area contributed by atoms with Gasteiger partial charge in [0.05, 0.1) is 6.10 Å². The van der Waals surface area contributed by atoms with Gasteiger partial charge in [0.1, 0.15) is 0 Å². The summed E-state index contributed by atoms with van der Waals surface area (Å²) in [5, 5.41) is 10.2. The van der Waals surface area contributed by atoms with Gasteiger partial charge in [0.2, 0.25) is 0 Å². The zero-order valence-corrected chi connectivity index (χ0v) is 18.9. The zero-order valence-electron chi connectivity index (χ0n) is 18.9. The predicted octanol–water partition coefficient (Wildman–Crippen LogP) is 7.23. The second kappa shape index (κ2) is 7.46. The number of rotatable bonds is 4. The van der Waals surface area contributed by atoms with Gasteiger partial charge < -0.3 is 5.11 Å². The van der Waals surface area contributed by atoms with Gasteiger partial charge in [0, 0.05) is 0 Å². The van der Waals surface area contributed by atoms with E-state index in [1.54, 1.807) is 16.7 Å². The zero-order chi connectivity index (χ0) is 20.1. The molecule has 4 aliphatic rings. The van der Waals surface area contributed by atoms with Crippen LogP contribution in [-0.4, -0.2) is 11.2 Å². The molecule has 156 valence electrons. The lowest BCUT2D eigenvalue weighted by atomic mass is 9.47. The molecule has 0 aromatic heterocycles. The van der Waals surface area contributed by atoms with Crippen molar-refractivity contribution in [2.45, 2.75) is 98.5 Å². The maximum Gasteiger partial charge on any atom is 0.0577 e. The SMILES string of the molecule is CC(=CCCC(C)C)C1=CC[C@H]2[C@@H]3CC=C4C[C@@H](O)CC[C@]4(C)[C@H]3CC[C@]12C. The molecule has 1 N–H and O–H groups in total. The van der Waals surface area contributed by atoms with Crippen molar-refractivity contribution in [1.82, 2.24) is 0 Å². The van der Waals surface area contributed by atoms with E-state index in [9.17, 15) is 5.11 Å². The number of fused-ring (bicyclic) bond motifs is 5. The minimum absolute atomic E-state index is 0.0943. The van der Waals surface area contributed by atoms with E-state index < -0.39 is 0 Å². The molecule has 0 aliphatic heterocycles. The average molecular weight is 383 g/mol. The standard InChI is InChI=1S/C27H42O/c1-18(2)7-6-8-19(3)23-11-12-24-22-10-9-20-17-21(28)13-15-26(20,4)25(22)14-16-27(23,24)5/h8-9,11,18,21-22,24-25,28H,6-7,10,12-17H2,1-5H3/t21-,22-,24-,25-,26-,27+/m0/s1. The normalized spacial score (nSPS) is 43.2. The van der Waals surface area contributed by atoms with E-state index in [1.807, 2.05) is 0 Å². The van der Waals surface area contributed by atoms with E-state index in [4.69, 9.17) is 0 Å². The third kappa shape index (κ3) is 3.26. The van der Waals surface area contributed by atoms with E-state index in [2.05, 4.69) is 52.8 Å². The molecule has 4 rings (SSSR count). The molecule has 1 nitrogen and oxygen atoms in total. The molecule has 28 heavy (non-hydrogen) atoms. The second-order valence-electron chi connectivity index (χ2n) is 11.3. The van der Waals surface area contributed by atoms with Crippen LogP contribution in [0.5, 0.6) is 0 Å². The molecule has 0 saturated heterocycles. The van der Waals surface area contributed by atoms with Crippen LogP contribution in [0, 0.1) is 34.5 Å². The number of allylic oxidation sites excluding steroid dienone is 5. The second-order valence-corrected chi connectivity index (χ2v) is 11.3. The Hall–Kier alpha value is -0.820. The average Bonchev–Trinajstić information content (AvgIpc) is 2.99. The molecule has 0 aromatic rings. The van der Waals surface area contributed by atoms with Crippen molar-refractivity contribution in [3.05, 3.63) is 34.9 Å². The topological polar surface area (TPSA) is 20.2 Å². The van der Waals surface area contributed by atoms with E-state index in [0.717, 1.165) is 36.5 Å². The third-order valence-corrected chi connectivity index (χ3v) is 9.28. The summed E-state index contributed by atoms with van der Waals surface area (Å²) in [6.45, 7) is 12.1. The van der Waals surface area contributed by atoms with Gasteiger partial charge in [0.25, 0.3) is 0 Å². The van der Waals surface area contributed by atoms with Gasteiger partial charge in [-0.25, -0.2) is 0 Å². The van der Waals surface area contributed by atoms with Crippen molar-refractivity contribution >= 4 is 0 Å². The van der Waals surface area contributed by atoms with Crippen molar-refractivity contribution in [3.63, 3.8) is 0 Å². The minimum atomic E-state index is -0.0943. The van der Waals surface area contributed by atoms with Gasteiger partial charge >= 0.3 is 0 Å². The molecule has 0 spiro atoms. The Balaban J connectivity index is 1.55. The van der Waals surface area contributed by atoms with Crippen LogP contribution in [0.1, 0.15) is 92.4 Å². The molecular formula is C27H42O. The molecular weight excluding hydrogens is 340 g/mol. The third-order valence-electron chi connectivity index (χ3n) is 9.28. The highest BCUT2D eigenvalue weighted by Gasteiger charge is 2.56. The highest BCUT2D eigenvalue weighted by Crippen LogP contribution is 2.65. The van der Waals surface area contributed by atoms with E-state index >= 15 is 0 Å². The summed E-state index contributed by atoms with van der Waals surface area (Å²) >= 11 is 0. The van der Waals surface area contributed by atoms with Crippen molar-refractivity contribution < 1.29 is 5.11 Å². The van der Waals surface area contributed by atoms with Crippen molar-refractivity contribution in [1.29, 1.82) is 0 Å². The highest BCUT2D eigenvalue weighted by atomic mass is 16.3. The lowest BCUT2D eigenvalue weighted by Crippen LogP contribution is -2.50. The Labute approximate surface area is 173 Å². The smallest absolute Gasteiger partial charge is 0.0577 e. The van der Waals surface area contributed by atoms with Gasteiger partial charge in [-0.3, -0.25) is 0 Å². The van der Waals surface area contributed by atoms with E-state index in [0.29, 0.717) is 10.8 Å². The lowest BCUT2D eigenvalue weighted by Gasteiger charge is -2.57. The number of aliphatic hydroxyl groups is 1. The Kier molecular flexibility index (Phi) is 5.45. The molecule has 4 aliphatic carbocycles. The lowest BCUT2D eigenvalue weighted by molar-refractivity contribution is -0.0288. The Morgan fingerprint density at radius 1 is 1.11 bits per heavy atom. The molecule has 0 amide bonds. The van der Waals surface area contributed by atoms with Crippen LogP contribution < -0.4 is 0 Å². The summed E-state index contributed by atoms with van der Waals surface area (Å²) in [4.78, 5) is 0. The quantitative estimate of drug-likeness (QED) is 0.508. The first-order valence-electron chi connectivity index (χ1n) is 12.0. The summed E-state index contributed by atoms with van der Waals surface area (Å²) in [6.07, 6.45) is 18.5. The first-order valence-corrected chi connectivity index (χ1v) is 12.0.